The Morgan fingerprint density at radius 2 is 2.27 bits per heavy atom. The van der Waals surface area contributed by atoms with Crippen LogP contribution in [0.15, 0.2) is 11.1 Å². The van der Waals surface area contributed by atoms with Gasteiger partial charge in [-0.15, -0.1) is 11.3 Å². The number of carbonyl (C=O) groups is 1. The lowest BCUT2D eigenvalue weighted by Gasteiger charge is -2.30. The largest absolute Gasteiger partial charge is 0.379 e. The van der Waals surface area contributed by atoms with E-state index in [1.54, 1.807) is 11.3 Å². The molecule has 9 nitrogen and oxygen atoms in total. The number of amidine groups is 1. The SMILES string of the molecule is CC1CCC(N=C(NNN2CCOCC2)C(C(N)=O)c2nc3c(s2)CCC=C3)CN1. The number of nitrogens with one attached hydrogen (secondary N) is 3. The third-order valence-electron chi connectivity index (χ3n) is 5.67. The fourth-order valence-corrected chi connectivity index (χ4v) is 5.06. The second kappa shape index (κ2) is 9.97. The monoisotopic (exact) mass is 433 g/mol. The number of nitrogens with two attached hydrogens (primary N) is 1. The van der Waals surface area contributed by atoms with Crippen LogP contribution in [0, 0.1) is 0 Å². The molecule has 0 spiro atoms. The van der Waals surface area contributed by atoms with E-state index in [0.29, 0.717) is 30.1 Å². The Balaban J connectivity index is 1.58. The first kappa shape index (κ1) is 21.4. The summed E-state index contributed by atoms with van der Waals surface area (Å²) in [6.07, 6.45) is 8.12. The lowest BCUT2D eigenvalue weighted by Crippen LogP contribution is -2.55. The van der Waals surface area contributed by atoms with E-state index in [1.165, 1.54) is 4.88 Å². The van der Waals surface area contributed by atoms with E-state index >= 15 is 0 Å². The number of aliphatic imine (C=N–C) groups is 1. The number of hydrogen-bond acceptors (Lipinski definition) is 8. The quantitative estimate of drug-likeness (QED) is 0.294. The van der Waals surface area contributed by atoms with Crippen molar-refractivity contribution in [1.29, 1.82) is 0 Å². The van der Waals surface area contributed by atoms with Crippen LogP contribution in [0.1, 0.15) is 47.7 Å². The predicted octanol–water partition coefficient (Wildman–Crippen LogP) is 0.552. The van der Waals surface area contributed by atoms with Gasteiger partial charge in [0.05, 0.1) is 24.9 Å². The molecule has 164 valence electrons. The number of primary amides is 1. The Morgan fingerprint density at radius 1 is 1.43 bits per heavy atom. The summed E-state index contributed by atoms with van der Waals surface area (Å²) in [7, 11) is 0. The zero-order valence-electron chi connectivity index (χ0n) is 17.4. The fourth-order valence-electron chi connectivity index (χ4n) is 3.88. The highest BCUT2D eigenvalue weighted by Gasteiger charge is 2.31. The van der Waals surface area contributed by atoms with Gasteiger partial charge in [-0.3, -0.25) is 15.2 Å². The van der Waals surface area contributed by atoms with Crippen molar-refractivity contribution in [3.63, 3.8) is 0 Å². The number of rotatable bonds is 6. The summed E-state index contributed by atoms with van der Waals surface area (Å²) in [6.45, 7) is 5.79. The zero-order valence-corrected chi connectivity index (χ0v) is 18.2. The van der Waals surface area contributed by atoms with Gasteiger partial charge in [-0.1, -0.05) is 6.08 Å². The summed E-state index contributed by atoms with van der Waals surface area (Å²) in [5.41, 5.74) is 13.2. The molecule has 1 aromatic heterocycles. The average Bonchev–Trinajstić information content (AvgIpc) is 3.17. The number of morpholine rings is 1. The molecule has 3 atom stereocenters. The van der Waals surface area contributed by atoms with Crippen molar-refractivity contribution in [2.24, 2.45) is 10.7 Å². The van der Waals surface area contributed by atoms with E-state index < -0.39 is 11.8 Å². The maximum atomic E-state index is 12.6. The Morgan fingerprint density at radius 3 is 2.97 bits per heavy atom. The molecule has 1 amide bonds. The van der Waals surface area contributed by atoms with Gasteiger partial charge in [0.25, 0.3) is 0 Å². The number of allylic oxidation sites excluding steroid dienone is 1. The van der Waals surface area contributed by atoms with Gasteiger partial charge in [0.1, 0.15) is 16.8 Å². The Labute approximate surface area is 181 Å². The number of carbonyl (C=O) groups excluding carboxylic acids is 1. The molecule has 10 heteroatoms. The second-order valence-corrected chi connectivity index (χ2v) is 9.14. The van der Waals surface area contributed by atoms with Crippen molar-refractivity contribution >= 4 is 29.2 Å². The molecule has 0 radical (unpaired) electrons. The summed E-state index contributed by atoms with van der Waals surface area (Å²) in [4.78, 5) is 23.4. The van der Waals surface area contributed by atoms with Crippen molar-refractivity contribution in [1.82, 2.24) is 26.3 Å². The molecule has 5 N–H and O–H groups in total. The second-order valence-electron chi connectivity index (χ2n) is 8.03. The van der Waals surface area contributed by atoms with Gasteiger partial charge in [-0.2, -0.15) is 5.53 Å². The summed E-state index contributed by atoms with van der Waals surface area (Å²) in [6, 6.07) is 0.579. The van der Waals surface area contributed by atoms with Gasteiger partial charge in [0.2, 0.25) is 5.91 Å². The maximum absolute atomic E-state index is 12.6. The highest BCUT2D eigenvalue weighted by atomic mass is 32.1. The Hall–Kier alpha value is -1.85. The zero-order chi connectivity index (χ0) is 20.9. The van der Waals surface area contributed by atoms with Gasteiger partial charge >= 0.3 is 0 Å². The number of nitrogens with zero attached hydrogens (tertiary/aromatic N) is 3. The van der Waals surface area contributed by atoms with E-state index in [0.717, 1.165) is 51.0 Å². The smallest absolute Gasteiger partial charge is 0.235 e. The van der Waals surface area contributed by atoms with Crippen LogP contribution in [0.4, 0.5) is 0 Å². The molecule has 3 heterocycles. The first-order chi connectivity index (χ1) is 14.6. The molecule has 1 aliphatic carbocycles. The maximum Gasteiger partial charge on any atom is 0.235 e. The lowest BCUT2D eigenvalue weighted by molar-refractivity contribution is -0.118. The summed E-state index contributed by atoms with van der Waals surface area (Å²) < 4.78 is 5.40. The van der Waals surface area contributed by atoms with Crippen molar-refractivity contribution in [3.05, 3.63) is 21.7 Å². The Kier molecular flexibility index (Phi) is 7.11. The third kappa shape index (κ3) is 5.25. The highest BCUT2D eigenvalue weighted by molar-refractivity contribution is 7.12. The molecule has 0 saturated carbocycles. The number of hydrogen-bond donors (Lipinski definition) is 4. The normalized spacial score (nSPS) is 26.2. The van der Waals surface area contributed by atoms with Crippen molar-refractivity contribution in [2.45, 2.75) is 50.6 Å². The van der Waals surface area contributed by atoms with Crippen molar-refractivity contribution in [3.8, 4) is 0 Å². The van der Waals surface area contributed by atoms with Crippen LogP contribution in [0.2, 0.25) is 0 Å². The average molecular weight is 434 g/mol. The molecule has 3 aliphatic rings. The van der Waals surface area contributed by atoms with Crippen LogP contribution in [0.25, 0.3) is 6.08 Å². The number of amides is 1. The summed E-state index contributed by atoms with van der Waals surface area (Å²) in [5.74, 6) is -0.621. The van der Waals surface area contributed by atoms with Crippen molar-refractivity contribution < 1.29 is 9.53 Å². The molecule has 2 saturated heterocycles. The standard InChI is InChI=1S/C20H31N7O2S/c1-13-6-7-14(12-22-13)23-19(25-26-27-8-10-29-11-9-27)17(18(21)28)20-24-15-4-2-3-5-16(15)30-20/h2,4,13-14,17,22,26H,3,5-12H2,1H3,(H2,21,28)(H,23,25). The molecular weight excluding hydrogens is 402 g/mol. The van der Waals surface area contributed by atoms with Gasteiger partial charge in [-0.05, 0) is 38.7 Å². The molecule has 0 bridgehead atoms. The third-order valence-corrected chi connectivity index (χ3v) is 6.87. The molecule has 4 rings (SSSR count). The van der Waals surface area contributed by atoms with E-state index in [4.69, 9.17) is 20.4 Å². The van der Waals surface area contributed by atoms with Gasteiger partial charge in [-0.25, -0.2) is 9.99 Å². The topological polar surface area (TPSA) is 117 Å². The first-order valence-electron chi connectivity index (χ1n) is 10.7. The van der Waals surface area contributed by atoms with Crippen LogP contribution in [0.3, 0.4) is 0 Å². The molecule has 2 fully saturated rings. The minimum absolute atomic E-state index is 0.0894. The Bertz CT molecular complexity index is 795. The molecule has 1 aromatic rings. The van der Waals surface area contributed by atoms with E-state index in [2.05, 4.69) is 29.3 Å². The number of aryl methyl sites for hydroxylation is 1. The number of thiazole rings is 1. The highest BCUT2D eigenvalue weighted by Crippen LogP contribution is 2.30. The summed E-state index contributed by atoms with van der Waals surface area (Å²) >= 11 is 1.56. The minimum atomic E-state index is -0.707. The van der Waals surface area contributed by atoms with Gasteiger partial charge in [0.15, 0.2) is 0 Å². The van der Waals surface area contributed by atoms with Crippen LogP contribution < -0.4 is 22.0 Å². The predicted molar refractivity (Wildman–Crippen MR) is 118 cm³/mol. The van der Waals surface area contributed by atoms with Crippen LogP contribution in [-0.2, 0) is 16.0 Å². The molecular formula is C20H31N7O2S. The molecule has 0 aromatic carbocycles. The minimum Gasteiger partial charge on any atom is -0.379 e. The van der Waals surface area contributed by atoms with E-state index in [9.17, 15) is 4.79 Å². The number of ether oxygens (including phenoxy) is 1. The molecule has 30 heavy (non-hydrogen) atoms. The van der Waals surface area contributed by atoms with Gasteiger partial charge < -0.3 is 15.8 Å². The number of aromatic nitrogens is 1. The molecule has 2 aliphatic heterocycles. The van der Waals surface area contributed by atoms with Crippen LogP contribution in [0.5, 0.6) is 0 Å². The molecule has 3 unspecified atom stereocenters. The first-order valence-corrected chi connectivity index (χ1v) is 11.5. The number of fused-ring (bicyclic) bond motifs is 1. The van der Waals surface area contributed by atoms with E-state index in [1.807, 2.05) is 11.1 Å². The van der Waals surface area contributed by atoms with Crippen LogP contribution in [-0.4, -0.2) is 66.7 Å². The van der Waals surface area contributed by atoms with Crippen LogP contribution >= 0.6 is 11.3 Å². The summed E-state index contributed by atoms with van der Waals surface area (Å²) in [5, 5.41) is 6.19. The number of piperidine rings is 1. The lowest BCUT2D eigenvalue weighted by atomic mass is 10.0. The number of hydrazine groups is 2. The fraction of sp³-hybridized carbons (Fsp3) is 0.650. The van der Waals surface area contributed by atoms with Crippen molar-refractivity contribution in [2.75, 3.05) is 32.8 Å². The van der Waals surface area contributed by atoms with Gasteiger partial charge in [0, 0.05) is 30.6 Å². The van der Waals surface area contributed by atoms with E-state index in [-0.39, 0.29) is 6.04 Å².